The number of nitrogens with two attached hydrogens (primary N) is 1. The topological polar surface area (TPSA) is 26.0 Å². The summed E-state index contributed by atoms with van der Waals surface area (Å²) < 4.78 is 24.4. The van der Waals surface area contributed by atoms with E-state index in [2.05, 4.69) is 6.58 Å². The van der Waals surface area contributed by atoms with Gasteiger partial charge in [-0.2, -0.15) is 0 Å². The maximum Gasteiger partial charge on any atom is 0.246 e. The third-order valence-corrected chi connectivity index (χ3v) is 2.07. The molecule has 0 heterocycles. The van der Waals surface area contributed by atoms with Crippen LogP contribution in [0, 0.1) is 5.41 Å². The summed E-state index contributed by atoms with van der Waals surface area (Å²) in [5.41, 5.74) is 5.19. The molecule has 10 heavy (non-hydrogen) atoms. The summed E-state index contributed by atoms with van der Waals surface area (Å²) in [4.78, 5) is 0. The van der Waals surface area contributed by atoms with Crippen LogP contribution in [0.15, 0.2) is 12.2 Å². The standard InChI is InChI=1S/C7H11F2N/c1-5-2-7(3-5,4-10)6(8)9/h6H,1-4,10H2. The molecule has 2 N–H and O–H groups in total. The van der Waals surface area contributed by atoms with Crippen molar-refractivity contribution in [1.29, 1.82) is 0 Å². The molecule has 1 saturated carbocycles. The van der Waals surface area contributed by atoms with Gasteiger partial charge < -0.3 is 5.73 Å². The second kappa shape index (κ2) is 2.31. The second-order valence-electron chi connectivity index (χ2n) is 2.97. The first-order valence-corrected chi connectivity index (χ1v) is 3.25. The normalized spacial score (nSPS) is 23.0. The molecule has 1 aliphatic rings. The van der Waals surface area contributed by atoms with Crippen molar-refractivity contribution in [3.8, 4) is 0 Å². The molecule has 0 aromatic heterocycles. The third kappa shape index (κ3) is 0.944. The Bertz CT molecular complexity index is 146. The van der Waals surface area contributed by atoms with E-state index in [1.165, 1.54) is 0 Å². The van der Waals surface area contributed by atoms with Crippen LogP contribution in [0.5, 0.6) is 0 Å². The van der Waals surface area contributed by atoms with Gasteiger partial charge in [-0.05, 0) is 12.8 Å². The second-order valence-corrected chi connectivity index (χ2v) is 2.97. The number of rotatable bonds is 2. The fourth-order valence-corrected chi connectivity index (χ4v) is 1.33. The van der Waals surface area contributed by atoms with Gasteiger partial charge in [-0.25, -0.2) is 8.78 Å². The van der Waals surface area contributed by atoms with Crippen LogP contribution in [0.4, 0.5) is 8.78 Å². The van der Waals surface area contributed by atoms with E-state index in [1.807, 2.05) is 0 Å². The van der Waals surface area contributed by atoms with E-state index in [-0.39, 0.29) is 6.54 Å². The van der Waals surface area contributed by atoms with E-state index in [0.29, 0.717) is 12.8 Å². The van der Waals surface area contributed by atoms with Crippen molar-refractivity contribution in [1.82, 2.24) is 0 Å². The lowest BCUT2D eigenvalue weighted by Crippen LogP contribution is -2.44. The first-order valence-electron chi connectivity index (χ1n) is 3.25. The molecule has 0 amide bonds. The van der Waals surface area contributed by atoms with Gasteiger partial charge in [0, 0.05) is 6.54 Å². The van der Waals surface area contributed by atoms with Crippen LogP contribution >= 0.6 is 0 Å². The van der Waals surface area contributed by atoms with Gasteiger partial charge in [-0.15, -0.1) is 0 Å². The van der Waals surface area contributed by atoms with Crippen molar-refractivity contribution >= 4 is 0 Å². The zero-order chi connectivity index (χ0) is 7.78. The third-order valence-electron chi connectivity index (χ3n) is 2.07. The molecular formula is C7H11F2N. The summed E-state index contributed by atoms with van der Waals surface area (Å²) in [5.74, 6) is 0. The Morgan fingerprint density at radius 2 is 2.10 bits per heavy atom. The average Bonchev–Trinajstić information content (AvgIpc) is 1.79. The van der Waals surface area contributed by atoms with Crippen molar-refractivity contribution in [3.05, 3.63) is 12.2 Å². The molecule has 0 spiro atoms. The Morgan fingerprint density at radius 3 is 2.20 bits per heavy atom. The number of hydrogen-bond acceptors (Lipinski definition) is 1. The van der Waals surface area contributed by atoms with E-state index < -0.39 is 11.8 Å². The Kier molecular flexibility index (Phi) is 1.77. The highest BCUT2D eigenvalue weighted by Crippen LogP contribution is 2.47. The van der Waals surface area contributed by atoms with Crippen LogP contribution in [0.1, 0.15) is 12.8 Å². The molecule has 1 aliphatic carbocycles. The minimum atomic E-state index is -2.29. The summed E-state index contributed by atoms with van der Waals surface area (Å²) in [6, 6.07) is 0. The molecule has 0 bridgehead atoms. The van der Waals surface area contributed by atoms with Crippen LogP contribution in [-0.2, 0) is 0 Å². The number of allylic oxidation sites excluding steroid dienone is 1. The van der Waals surface area contributed by atoms with E-state index in [4.69, 9.17) is 5.73 Å². The van der Waals surface area contributed by atoms with E-state index in [0.717, 1.165) is 5.57 Å². The molecule has 0 aromatic rings. The van der Waals surface area contributed by atoms with Crippen LogP contribution in [0.2, 0.25) is 0 Å². The number of alkyl halides is 2. The van der Waals surface area contributed by atoms with E-state index in [1.54, 1.807) is 0 Å². The highest BCUT2D eigenvalue weighted by atomic mass is 19.3. The summed E-state index contributed by atoms with van der Waals surface area (Å²) in [7, 11) is 0. The molecule has 0 radical (unpaired) electrons. The average molecular weight is 147 g/mol. The molecule has 1 rings (SSSR count). The quantitative estimate of drug-likeness (QED) is 0.589. The molecule has 3 heteroatoms. The lowest BCUT2D eigenvalue weighted by Gasteiger charge is -2.41. The maximum absolute atomic E-state index is 12.2. The molecule has 0 aromatic carbocycles. The van der Waals surface area contributed by atoms with Gasteiger partial charge in [0.25, 0.3) is 0 Å². The molecule has 0 aliphatic heterocycles. The smallest absolute Gasteiger partial charge is 0.246 e. The van der Waals surface area contributed by atoms with Gasteiger partial charge in [0.15, 0.2) is 0 Å². The van der Waals surface area contributed by atoms with Crippen molar-refractivity contribution in [2.75, 3.05) is 6.54 Å². The monoisotopic (exact) mass is 147 g/mol. The Labute approximate surface area is 58.9 Å². The fourth-order valence-electron chi connectivity index (χ4n) is 1.33. The van der Waals surface area contributed by atoms with Crippen LogP contribution in [-0.4, -0.2) is 13.0 Å². The number of halogens is 2. The number of hydrogen-bond donors (Lipinski definition) is 1. The largest absolute Gasteiger partial charge is 0.330 e. The Balaban J connectivity index is 2.56. The van der Waals surface area contributed by atoms with Gasteiger partial charge in [-0.3, -0.25) is 0 Å². The Morgan fingerprint density at radius 1 is 1.60 bits per heavy atom. The lowest BCUT2D eigenvalue weighted by molar-refractivity contribution is -0.0260. The summed E-state index contributed by atoms with van der Waals surface area (Å²) in [6.07, 6.45) is -1.48. The van der Waals surface area contributed by atoms with E-state index in [9.17, 15) is 8.78 Å². The van der Waals surface area contributed by atoms with Gasteiger partial charge in [-0.1, -0.05) is 12.2 Å². The van der Waals surface area contributed by atoms with Gasteiger partial charge >= 0.3 is 0 Å². The van der Waals surface area contributed by atoms with Crippen LogP contribution < -0.4 is 5.73 Å². The van der Waals surface area contributed by atoms with Crippen molar-refractivity contribution in [3.63, 3.8) is 0 Å². The summed E-state index contributed by atoms with van der Waals surface area (Å²) in [5, 5.41) is 0. The summed E-state index contributed by atoms with van der Waals surface area (Å²) >= 11 is 0. The molecule has 1 nitrogen and oxygen atoms in total. The Hall–Kier alpha value is -0.440. The minimum Gasteiger partial charge on any atom is -0.330 e. The molecule has 0 saturated heterocycles. The highest BCUT2D eigenvalue weighted by molar-refractivity contribution is 5.16. The molecule has 58 valence electrons. The van der Waals surface area contributed by atoms with Crippen molar-refractivity contribution in [2.24, 2.45) is 11.1 Å². The van der Waals surface area contributed by atoms with Crippen LogP contribution in [0.25, 0.3) is 0 Å². The highest BCUT2D eigenvalue weighted by Gasteiger charge is 2.46. The van der Waals surface area contributed by atoms with Gasteiger partial charge in [0.2, 0.25) is 6.43 Å². The first-order chi connectivity index (χ1) is 4.60. The lowest BCUT2D eigenvalue weighted by atomic mass is 9.66. The van der Waals surface area contributed by atoms with Crippen molar-refractivity contribution < 1.29 is 8.78 Å². The predicted octanol–water partition coefficient (Wildman–Crippen LogP) is 1.55. The fraction of sp³-hybridized carbons (Fsp3) is 0.714. The van der Waals surface area contributed by atoms with Crippen LogP contribution in [0.3, 0.4) is 0 Å². The van der Waals surface area contributed by atoms with Gasteiger partial charge in [0.1, 0.15) is 0 Å². The maximum atomic E-state index is 12.2. The predicted molar refractivity (Wildman–Crippen MR) is 35.9 cm³/mol. The van der Waals surface area contributed by atoms with Gasteiger partial charge in [0.05, 0.1) is 5.41 Å². The molecule has 0 atom stereocenters. The molecule has 1 fully saturated rings. The molecule has 0 unspecified atom stereocenters. The zero-order valence-corrected chi connectivity index (χ0v) is 5.74. The first kappa shape index (κ1) is 7.66. The van der Waals surface area contributed by atoms with E-state index >= 15 is 0 Å². The molecular weight excluding hydrogens is 136 g/mol. The zero-order valence-electron chi connectivity index (χ0n) is 5.74. The SMILES string of the molecule is C=C1CC(CN)(C(F)F)C1. The summed E-state index contributed by atoms with van der Waals surface area (Å²) in [6.45, 7) is 3.67. The van der Waals surface area contributed by atoms with Crippen molar-refractivity contribution in [2.45, 2.75) is 19.3 Å². The minimum absolute atomic E-state index is 0.0731.